The number of hydrogen-bond donors (Lipinski definition) is 2. The van der Waals surface area contributed by atoms with Crippen molar-refractivity contribution in [2.75, 3.05) is 6.54 Å². The summed E-state index contributed by atoms with van der Waals surface area (Å²) in [7, 11) is 0. The number of carbonyl (C=O) groups excluding carboxylic acids is 1. The second-order valence-electron chi connectivity index (χ2n) is 6.30. The average molecular weight is 284 g/mol. The third kappa shape index (κ3) is 2.33. The van der Waals surface area contributed by atoms with Crippen molar-refractivity contribution in [3.63, 3.8) is 0 Å². The van der Waals surface area contributed by atoms with Crippen molar-refractivity contribution < 1.29 is 4.79 Å². The van der Waals surface area contributed by atoms with Crippen LogP contribution < -0.4 is 5.32 Å². The van der Waals surface area contributed by atoms with Crippen LogP contribution in [0.15, 0.2) is 36.5 Å². The highest BCUT2D eigenvalue weighted by Gasteiger charge is 2.66. The summed E-state index contributed by atoms with van der Waals surface area (Å²) in [5, 5.41) is 13.4. The minimum Gasteiger partial charge on any atom is -0.355 e. The van der Waals surface area contributed by atoms with Gasteiger partial charge in [-0.05, 0) is 17.4 Å². The van der Waals surface area contributed by atoms with Gasteiger partial charge in [-0.3, -0.25) is 4.79 Å². The molecule has 0 bridgehead atoms. The number of benzene rings is 1. The number of H-pyrrole nitrogens is 1. The molecule has 1 fully saturated rings. The normalized spacial score (nSPS) is 22.8. The van der Waals surface area contributed by atoms with Crippen molar-refractivity contribution in [2.45, 2.75) is 32.1 Å². The van der Waals surface area contributed by atoms with Gasteiger partial charge in [0.05, 0.1) is 17.3 Å². The molecule has 0 radical (unpaired) electrons. The fourth-order valence-electron chi connectivity index (χ4n) is 3.15. The Bertz CT molecular complexity index is 621. The zero-order valence-electron chi connectivity index (χ0n) is 12.4. The van der Waals surface area contributed by atoms with Crippen molar-refractivity contribution in [1.82, 2.24) is 20.7 Å². The first-order valence-corrected chi connectivity index (χ1v) is 7.25. The van der Waals surface area contributed by atoms with E-state index in [1.165, 1.54) is 0 Å². The Balaban J connectivity index is 1.69. The largest absolute Gasteiger partial charge is 0.355 e. The van der Waals surface area contributed by atoms with E-state index < -0.39 is 5.41 Å². The van der Waals surface area contributed by atoms with Crippen molar-refractivity contribution >= 4 is 5.91 Å². The molecule has 21 heavy (non-hydrogen) atoms. The summed E-state index contributed by atoms with van der Waals surface area (Å²) in [6.07, 6.45) is 3.26. The molecule has 1 atom stereocenters. The second-order valence-corrected chi connectivity index (χ2v) is 6.30. The molecule has 1 aromatic carbocycles. The number of nitrogens with zero attached hydrogens (tertiary/aromatic N) is 2. The minimum atomic E-state index is -0.391. The van der Waals surface area contributed by atoms with E-state index in [1.54, 1.807) is 6.20 Å². The average Bonchev–Trinajstić information content (AvgIpc) is 2.85. The van der Waals surface area contributed by atoms with Gasteiger partial charge in [0.2, 0.25) is 5.91 Å². The monoisotopic (exact) mass is 284 g/mol. The molecule has 5 nitrogen and oxygen atoms in total. The number of carbonyl (C=O) groups is 1. The van der Waals surface area contributed by atoms with Crippen LogP contribution in [0.2, 0.25) is 0 Å². The molecule has 1 aromatic heterocycles. The molecule has 0 aliphatic heterocycles. The lowest BCUT2D eigenvalue weighted by Gasteiger charge is -2.20. The molecule has 1 saturated carbocycles. The molecule has 2 aromatic rings. The quantitative estimate of drug-likeness (QED) is 0.880. The Kier molecular flexibility index (Phi) is 3.27. The van der Waals surface area contributed by atoms with Crippen molar-refractivity contribution in [3.05, 3.63) is 47.8 Å². The van der Waals surface area contributed by atoms with Gasteiger partial charge in [-0.1, -0.05) is 44.2 Å². The van der Waals surface area contributed by atoms with Gasteiger partial charge in [0.25, 0.3) is 0 Å². The number of amides is 1. The molecule has 0 saturated heterocycles. The number of aromatic nitrogens is 3. The van der Waals surface area contributed by atoms with E-state index >= 15 is 0 Å². The first-order valence-electron chi connectivity index (χ1n) is 7.25. The molecule has 110 valence electrons. The van der Waals surface area contributed by atoms with Crippen molar-refractivity contribution in [2.24, 2.45) is 5.41 Å². The van der Waals surface area contributed by atoms with Gasteiger partial charge in [0.1, 0.15) is 0 Å². The molecule has 3 rings (SSSR count). The van der Waals surface area contributed by atoms with E-state index in [1.807, 2.05) is 30.3 Å². The summed E-state index contributed by atoms with van der Waals surface area (Å²) < 4.78 is 0. The highest BCUT2D eigenvalue weighted by Crippen LogP contribution is 2.64. The Labute approximate surface area is 124 Å². The Hall–Kier alpha value is -2.17. The summed E-state index contributed by atoms with van der Waals surface area (Å²) >= 11 is 0. The van der Waals surface area contributed by atoms with Crippen LogP contribution in [0.1, 0.15) is 31.5 Å². The third-order valence-corrected chi connectivity index (χ3v) is 4.52. The van der Waals surface area contributed by atoms with E-state index in [9.17, 15) is 4.79 Å². The highest BCUT2D eigenvalue weighted by molar-refractivity contribution is 5.93. The van der Waals surface area contributed by atoms with Gasteiger partial charge in [0, 0.05) is 13.0 Å². The van der Waals surface area contributed by atoms with Gasteiger partial charge in [-0.2, -0.15) is 15.4 Å². The molecule has 2 N–H and O–H groups in total. The predicted octanol–water partition coefficient (Wildman–Crippen LogP) is 1.83. The number of nitrogens with one attached hydrogen (secondary N) is 2. The number of hydrogen-bond acceptors (Lipinski definition) is 3. The van der Waals surface area contributed by atoms with E-state index in [2.05, 4.69) is 34.6 Å². The van der Waals surface area contributed by atoms with E-state index in [0.717, 1.165) is 17.7 Å². The van der Waals surface area contributed by atoms with Crippen LogP contribution in [0, 0.1) is 5.41 Å². The Morgan fingerprint density at radius 3 is 2.62 bits per heavy atom. The smallest absolute Gasteiger partial charge is 0.231 e. The molecule has 5 heteroatoms. The number of rotatable bonds is 5. The van der Waals surface area contributed by atoms with E-state index in [4.69, 9.17) is 0 Å². The zero-order valence-corrected chi connectivity index (χ0v) is 12.4. The first kappa shape index (κ1) is 13.8. The maximum atomic E-state index is 12.7. The van der Waals surface area contributed by atoms with Crippen molar-refractivity contribution in [1.29, 1.82) is 0 Å². The fourth-order valence-corrected chi connectivity index (χ4v) is 3.15. The van der Waals surface area contributed by atoms with Crippen LogP contribution in [0.25, 0.3) is 0 Å². The predicted molar refractivity (Wildman–Crippen MR) is 79.6 cm³/mol. The number of aromatic amines is 1. The lowest BCUT2D eigenvalue weighted by molar-refractivity contribution is -0.124. The maximum absolute atomic E-state index is 12.7. The van der Waals surface area contributed by atoms with Crippen LogP contribution in [-0.4, -0.2) is 27.9 Å². The molecule has 0 spiro atoms. The Morgan fingerprint density at radius 1 is 1.33 bits per heavy atom. The van der Waals surface area contributed by atoms with Crippen LogP contribution in [0.4, 0.5) is 0 Å². The van der Waals surface area contributed by atoms with Gasteiger partial charge < -0.3 is 5.32 Å². The van der Waals surface area contributed by atoms with Crippen LogP contribution in [0.5, 0.6) is 0 Å². The van der Waals surface area contributed by atoms with Crippen LogP contribution in [-0.2, 0) is 16.6 Å². The van der Waals surface area contributed by atoms with E-state index in [0.29, 0.717) is 13.0 Å². The van der Waals surface area contributed by atoms with Crippen molar-refractivity contribution in [3.8, 4) is 0 Å². The Morgan fingerprint density at radius 2 is 2.05 bits per heavy atom. The SMILES string of the molecule is CC1(C)CC1(C(=O)NCCc1cn[nH]n1)c1ccccc1. The topological polar surface area (TPSA) is 70.7 Å². The second kappa shape index (κ2) is 4.98. The molecule has 1 unspecified atom stereocenters. The third-order valence-electron chi connectivity index (χ3n) is 4.52. The lowest BCUT2D eigenvalue weighted by Crippen LogP contribution is -2.38. The molecule has 1 heterocycles. The van der Waals surface area contributed by atoms with Gasteiger partial charge in [-0.15, -0.1) is 0 Å². The van der Waals surface area contributed by atoms with Gasteiger partial charge in [-0.25, -0.2) is 0 Å². The zero-order chi connectivity index (χ0) is 14.9. The summed E-state index contributed by atoms with van der Waals surface area (Å²) in [5.41, 5.74) is 1.58. The first-order chi connectivity index (χ1) is 10.1. The van der Waals surface area contributed by atoms with E-state index in [-0.39, 0.29) is 11.3 Å². The van der Waals surface area contributed by atoms with Gasteiger partial charge >= 0.3 is 0 Å². The standard InChI is InChI=1S/C16H20N4O/c1-15(2)11-16(15,12-6-4-3-5-7-12)14(21)17-9-8-13-10-18-20-19-13/h3-7,10H,8-9,11H2,1-2H3,(H,17,21)(H,18,19,20). The molecular weight excluding hydrogens is 264 g/mol. The minimum absolute atomic E-state index is 0.00628. The highest BCUT2D eigenvalue weighted by atomic mass is 16.2. The molecule has 1 aliphatic rings. The lowest BCUT2D eigenvalue weighted by atomic mass is 9.87. The summed E-state index contributed by atoms with van der Waals surface area (Å²) in [6, 6.07) is 10.1. The van der Waals surface area contributed by atoms with Crippen LogP contribution in [0.3, 0.4) is 0 Å². The maximum Gasteiger partial charge on any atom is 0.231 e. The molecular formula is C16H20N4O. The summed E-state index contributed by atoms with van der Waals surface area (Å²) in [5.74, 6) is 0.113. The van der Waals surface area contributed by atoms with Gasteiger partial charge in [0.15, 0.2) is 0 Å². The summed E-state index contributed by atoms with van der Waals surface area (Å²) in [6.45, 7) is 4.88. The molecule has 1 aliphatic carbocycles. The molecule has 1 amide bonds. The summed E-state index contributed by atoms with van der Waals surface area (Å²) in [4.78, 5) is 12.7. The fraction of sp³-hybridized carbons (Fsp3) is 0.438. The van der Waals surface area contributed by atoms with Crippen LogP contribution >= 0.6 is 0 Å².